The van der Waals surface area contributed by atoms with Crippen molar-refractivity contribution < 1.29 is 0 Å². The van der Waals surface area contributed by atoms with Gasteiger partial charge >= 0.3 is 0 Å². The minimum atomic E-state index is -0.0373. The minimum Gasteiger partial charge on any atom is -0.397 e. The fourth-order valence-electron chi connectivity index (χ4n) is 1.40. The van der Waals surface area contributed by atoms with Crippen LogP contribution in [0, 0.1) is 0 Å². The molecule has 84 valence electrons. The second kappa shape index (κ2) is 4.40. The van der Waals surface area contributed by atoms with Crippen LogP contribution in [0.4, 0.5) is 11.4 Å². The fourth-order valence-corrected chi connectivity index (χ4v) is 1.64. The molecule has 16 heavy (non-hydrogen) atoms. The van der Waals surface area contributed by atoms with Crippen molar-refractivity contribution in [2.24, 2.45) is 0 Å². The Morgan fingerprint density at radius 2 is 2.31 bits per heavy atom. The number of nitrogens with one attached hydrogen (secondary N) is 2. The van der Waals surface area contributed by atoms with Gasteiger partial charge in [0, 0.05) is 0 Å². The van der Waals surface area contributed by atoms with Crippen molar-refractivity contribution in [2.45, 2.75) is 13.0 Å². The van der Waals surface area contributed by atoms with E-state index in [9.17, 15) is 0 Å². The molecule has 0 aliphatic carbocycles. The number of halogens is 1. The Kier molecular flexibility index (Phi) is 2.96. The second-order valence-electron chi connectivity index (χ2n) is 3.44. The molecule has 1 atom stereocenters. The number of aromatic nitrogens is 3. The molecular formula is C10H12ClN5. The molecule has 1 unspecified atom stereocenters. The maximum atomic E-state index is 6.05. The number of rotatable bonds is 3. The van der Waals surface area contributed by atoms with Gasteiger partial charge in [-0.15, -0.1) is 0 Å². The first kappa shape index (κ1) is 10.8. The van der Waals surface area contributed by atoms with Crippen LogP contribution in [0.2, 0.25) is 5.02 Å². The SMILES string of the molecule is CC(Nc1c(N)cccc1Cl)c1ncn[nH]1. The van der Waals surface area contributed by atoms with Crippen molar-refractivity contribution >= 4 is 23.0 Å². The summed E-state index contributed by atoms with van der Waals surface area (Å²) < 4.78 is 0. The normalized spacial score (nSPS) is 12.4. The summed E-state index contributed by atoms with van der Waals surface area (Å²) in [6.45, 7) is 1.95. The standard InChI is InChI=1S/C10H12ClN5/c1-6(10-13-5-14-16-10)15-9-7(11)3-2-4-8(9)12/h2-6,15H,12H2,1H3,(H,13,14,16). The fraction of sp³-hybridized carbons (Fsp3) is 0.200. The molecule has 2 rings (SSSR count). The molecule has 1 heterocycles. The van der Waals surface area contributed by atoms with E-state index < -0.39 is 0 Å². The Bertz CT molecular complexity index is 448. The van der Waals surface area contributed by atoms with Crippen molar-refractivity contribution in [1.82, 2.24) is 15.2 Å². The molecule has 1 aromatic carbocycles. The van der Waals surface area contributed by atoms with Gasteiger partial charge in [0.1, 0.15) is 12.2 Å². The number of benzene rings is 1. The second-order valence-corrected chi connectivity index (χ2v) is 3.85. The van der Waals surface area contributed by atoms with Gasteiger partial charge in [-0.3, -0.25) is 5.10 Å². The van der Waals surface area contributed by atoms with E-state index in [0.717, 1.165) is 5.82 Å². The quantitative estimate of drug-likeness (QED) is 0.715. The van der Waals surface area contributed by atoms with E-state index in [1.54, 1.807) is 12.1 Å². The number of anilines is 2. The third kappa shape index (κ3) is 2.09. The maximum absolute atomic E-state index is 6.05. The largest absolute Gasteiger partial charge is 0.397 e. The Labute approximate surface area is 98.0 Å². The van der Waals surface area contributed by atoms with E-state index in [2.05, 4.69) is 20.5 Å². The molecule has 5 nitrogen and oxygen atoms in total. The van der Waals surface area contributed by atoms with Gasteiger partial charge in [-0.05, 0) is 19.1 Å². The molecule has 0 aliphatic rings. The van der Waals surface area contributed by atoms with Crippen LogP contribution in [0.1, 0.15) is 18.8 Å². The number of hydrogen-bond acceptors (Lipinski definition) is 4. The lowest BCUT2D eigenvalue weighted by atomic mass is 10.2. The lowest BCUT2D eigenvalue weighted by Gasteiger charge is -2.15. The summed E-state index contributed by atoms with van der Waals surface area (Å²) in [7, 11) is 0. The van der Waals surface area contributed by atoms with Crippen molar-refractivity contribution in [3.8, 4) is 0 Å². The van der Waals surface area contributed by atoms with Gasteiger partial charge < -0.3 is 11.1 Å². The molecule has 0 spiro atoms. The van der Waals surface area contributed by atoms with Crippen LogP contribution in [-0.4, -0.2) is 15.2 Å². The van der Waals surface area contributed by atoms with Crippen LogP contribution >= 0.6 is 11.6 Å². The number of para-hydroxylation sites is 1. The molecule has 4 N–H and O–H groups in total. The van der Waals surface area contributed by atoms with Gasteiger partial charge in [-0.25, -0.2) is 4.98 Å². The summed E-state index contributed by atoms with van der Waals surface area (Å²) in [6.07, 6.45) is 1.46. The van der Waals surface area contributed by atoms with Gasteiger partial charge in [0.05, 0.1) is 22.4 Å². The number of aromatic amines is 1. The molecule has 0 fully saturated rings. The van der Waals surface area contributed by atoms with Crippen LogP contribution in [0.25, 0.3) is 0 Å². The summed E-state index contributed by atoms with van der Waals surface area (Å²) >= 11 is 6.05. The zero-order valence-corrected chi connectivity index (χ0v) is 9.49. The van der Waals surface area contributed by atoms with E-state index in [1.807, 2.05) is 13.0 Å². The lowest BCUT2D eigenvalue weighted by molar-refractivity contribution is 0.796. The highest BCUT2D eigenvalue weighted by Crippen LogP contribution is 2.30. The van der Waals surface area contributed by atoms with Gasteiger partial charge in [-0.2, -0.15) is 5.10 Å². The number of nitrogens with two attached hydrogens (primary N) is 1. The molecule has 0 amide bonds. The maximum Gasteiger partial charge on any atom is 0.146 e. The first-order valence-corrected chi connectivity index (χ1v) is 5.22. The van der Waals surface area contributed by atoms with Gasteiger partial charge in [0.25, 0.3) is 0 Å². The zero-order valence-electron chi connectivity index (χ0n) is 8.74. The molecule has 0 saturated heterocycles. The van der Waals surface area contributed by atoms with E-state index in [-0.39, 0.29) is 6.04 Å². The van der Waals surface area contributed by atoms with Crippen molar-refractivity contribution in [1.29, 1.82) is 0 Å². The third-order valence-corrected chi connectivity index (χ3v) is 2.57. The van der Waals surface area contributed by atoms with Crippen LogP contribution in [-0.2, 0) is 0 Å². The van der Waals surface area contributed by atoms with Crippen LogP contribution in [0.15, 0.2) is 24.5 Å². The highest BCUT2D eigenvalue weighted by molar-refractivity contribution is 6.33. The molecule has 2 aromatic rings. The average molecular weight is 238 g/mol. The van der Waals surface area contributed by atoms with Crippen LogP contribution in [0.3, 0.4) is 0 Å². The molecule has 0 saturated carbocycles. The summed E-state index contributed by atoms with van der Waals surface area (Å²) in [4.78, 5) is 4.06. The van der Waals surface area contributed by atoms with E-state index in [0.29, 0.717) is 16.4 Å². The first-order chi connectivity index (χ1) is 7.68. The number of hydrogen-bond donors (Lipinski definition) is 3. The predicted molar refractivity (Wildman–Crippen MR) is 64.3 cm³/mol. The predicted octanol–water partition coefficient (Wildman–Crippen LogP) is 2.21. The minimum absolute atomic E-state index is 0.0373. The smallest absolute Gasteiger partial charge is 0.146 e. The zero-order chi connectivity index (χ0) is 11.5. The highest BCUT2D eigenvalue weighted by atomic mass is 35.5. The monoisotopic (exact) mass is 237 g/mol. The van der Waals surface area contributed by atoms with E-state index in [1.165, 1.54) is 6.33 Å². The molecule has 0 radical (unpaired) electrons. The Balaban J connectivity index is 2.21. The number of nitrogens with zero attached hydrogens (tertiary/aromatic N) is 2. The highest BCUT2D eigenvalue weighted by Gasteiger charge is 2.11. The van der Waals surface area contributed by atoms with Crippen LogP contribution in [0.5, 0.6) is 0 Å². The van der Waals surface area contributed by atoms with E-state index >= 15 is 0 Å². The summed E-state index contributed by atoms with van der Waals surface area (Å²) in [6, 6.07) is 5.35. The molecule has 0 aliphatic heterocycles. The molecule has 1 aromatic heterocycles. The Hall–Kier alpha value is -1.75. The third-order valence-electron chi connectivity index (χ3n) is 2.25. The lowest BCUT2D eigenvalue weighted by Crippen LogP contribution is -2.10. The van der Waals surface area contributed by atoms with Gasteiger partial charge in [0.15, 0.2) is 0 Å². The molecular weight excluding hydrogens is 226 g/mol. The average Bonchev–Trinajstić information content (AvgIpc) is 2.76. The number of H-pyrrole nitrogens is 1. The summed E-state index contributed by atoms with van der Waals surface area (Å²) in [5.41, 5.74) is 7.16. The van der Waals surface area contributed by atoms with Gasteiger partial charge in [-0.1, -0.05) is 17.7 Å². The van der Waals surface area contributed by atoms with Crippen molar-refractivity contribution in [2.75, 3.05) is 11.1 Å². The molecule has 0 bridgehead atoms. The number of nitrogen functional groups attached to an aromatic ring is 1. The van der Waals surface area contributed by atoms with E-state index in [4.69, 9.17) is 17.3 Å². The van der Waals surface area contributed by atoms with Gasteiger partial charge in [0.2, 0.25) is 0 Å². The Morgan fingerprint density at radius 3 is 2.94 bits per heavy atom. The summed E-state index contributed by atoms with van der Waals surface area (Å²) in [5, 5.41) is 10.4. The van der Waals surface area contributed by atoms with Crippen molar-refractivity contribution in [3.05, 3.63) is 35.4 Å². The Morgan fingerprint density at radius 1 is 1.50 bits per heavy atom. The summed E-state index contributed by atoms with van der Waals surface area (Å²) in [5.74, 6) is 0.735. The molecule has 6 heteroatoms. The topological polar surface area (TPSA) is 79.6 Å². The van der Waals surface area contributed by atoms with Crippen molar-refractivity contribution in [3.63, 3.8) is 0 Å². The van der Waals surface area contributed by atoms with Crippen LogP contribution < -0.4 is 11.1 Å². The first-order valence-electron chi connectivity index (χ1n) is 4.84.